The third-order valence-electron chi connectivity index (χ3n) is 2.81. The van der Waals surface area contributed by atoms with Gasteiger partial charge in [-0.3, -0.25) is 4.68 Å². The van der Waals surface area contributed by atoms with E-state index in [-0.39, 0.29) is 0 Å². The summed E-state index contributed by atoms with van der Waals surface area (Å²) in [5, 5.41) is 7.71. The maximum atomic E-state index is 4.61. The lowest BCUT2D eigenvalue weighted by Gasteiger charge is -2.10. The third-order valence-corrected chi connectivity index (χ3v) is 2.81. The first kappa shape index (κ1) is 12.5. The fraction of sp³-hybridized carbons (Fsp3) is 0.462. The Bertz CT molecular complexity index is 544. The molecule has 1 N–H and O–H groups in total. The average Bonchev–Trinajstić information content (AvgIpc) is 2.77. The fourth-order valence-electron chi connectivity index (χ4n) is 1.69. The summed E-state index contributed by atoms with van der Waals surface area (Å²) in [6.07, 6.45) is 2.96. The summed E-state index contributed by atoms with van der Waals surface area (Å²) in [6.45, 7) is 6.96. The molecule has 0 aliphatic rings. The quantitative estimate of drug-likeness (QED) is 0.898. The monoisotopic (exact) mass is 245 g/mol. The molecule has 0 amide bonds. The Labute approximate surface area is 107 Å². The summed E-state index contributed by atoms with van der Waals surface area (Å²) in [5.74, 6) is 0.818. The molecule has 0 spiro atoms. The first-order valence-electron chi connectivity index (χ1n) is 6.21. The van der Waals surface area contributed by atoms with Crippen molar-refractivity contribution in [1.82, 2.24) is 19.7 Å². The standard InChI is InChI=1S/C13H19N5/c1-5-7-14-13-12(11-6-8-18(4)17-11)15-9(2)10(3)16-13/h6,8H,5,7H2,1-4H3,(H,14,16). The number of hydrogen-bond acceptors (Lipinski definition) is 4. The molecule has 0 bridgehead atoms. The zero-order chi connectivity index (χ0) is 13.1. The van der Waals surface area contributed by atoms with Gasteiger partial charge >= 0.3 is 0 Å². The topological polar surface area (TPSA) is 55.6 Å². The molecule has 0 aliphatic carbocycles. The van der Waals surface area contributed by atoms with E-state index in [2.05, 4.69) is 27.3 Å². The van der Waals surface area contributed by atoms with Crippen molar-refractivity contribution < 1.29 is 0 Å². The molecule has 2 aromatic heterocycles. The normalized spacial score (nSPS) is 10.7. The van der Waals surface area contributed by atoms with E-state index in [1.165, 1.54) is 0 Å². The Balaban J connectivity index is 2.46. The highest BCUT2D eigenvalue weighted by molar-refractivity contribution is 5.68. The zero-order valence-corrected chi connectivity index (χ0v) is 11.4. The van der Waals surface area contributed by atoms with Gasteiger partial charge in [0.05, 0.1) is 11.4 Å². The second-order valence-corrected chi connectivity index (χ2v) is 4.39. The van der Waals surface area contributed by atoms with Crippen LogP contribution in [0.15, 0.2) is 12.3 Å². The van der Waals surface area contributed by atoms with E-state index in [4.69, 9.17) is 0 Å². The molecule has 2 rings (SSSR count). The molecule has 0 atom stereocenters. The highest BCUT2D eigenvalue weighted by atomic mass is 15.3. The van der Waals surface area contributed by atoms with Crippen molar-refractivity contribution in [1.29, 1.82) is 0 Å². The van der Waals surface area contributed by atoms with Crippen LogP contribution in [0.5, 0.6) is 0 Å². The number of nitrogens with one attached hydrogen (secondary N) is 1. The smallest absolute Gasteiger partial charge is 0.154 e. The van der Waals surface area contributed by atoms with Gasteiger partial charge in [-0.25, -0.2) is 9.97 Å². The van der Waals surface area contributed by atoms with Gasteiger partial charge in [0.15, 0.2) is 5.82 Å². The van der Waals surface area contributed by atoms with Gasteiger partial charge in [-0.15, -0.1) is 0 Å². The minimum absolute atomic E-state index is 0.818. The van der Waals surface area contributed by atoms with Crippen LogP contribution in [-0.4, -0.2) is 26.3 Å². The molecule has 18 heavy (non-hydrogen) atoms. The average molecular weight is 245 g/mol. The van der Waals surface area contributed by atoms with Crippen LogP contribution < -0.4 is 5.32 Å². The molecular weight excluding hydrogens is 226 g/mol. The first-order valence-corrected chi connectivity index (χ1v) is 6.21. The molecular formula is C13H19N5. The number of rotatable bonds is 4. The summed E-state index contributed by atoms with van der Waals surface area (Å²) in [4.78, 5) is 9.18. The van der Waals surface area contributed by atoms with Gasteiger partial charge in [0, 0.05) is 19.8 Å². The zero-order valence-electron chi connectivity index (χ0n) is 11.4. The van der Waals surface area contributed by atoms with Crippen LogP contribution in [0.2, 0.25) is 0 Å². The van der Waals surface area contributed by atoms with Crippen LogP contribution in [0.4, 0.5) is 5.82 Å². The van der Waals surface area contributed by atoms with Gasteiger partial charge in [-0.05, 0) is 26.3 Å². The largest absolute Gasteiger partial charge is 0.368 e. The maximum absolute atomic E-state index is 4.61. The summed E-state index contributed by atoms with van der Waals surface area (Å²) in [6, 6.07) is 1.95. The maximum Gasteiger partial charge on any atom is 0.154 e. The first-order chi connectivity index (χ1) is 8.61. The third kappa shape index (κ3) is 2.50. The fourth-order valence-corrected chi connectivity index (χ4v) is 1.69. The lowest BCUT2D eigenvalue weighted by molar-refractivity contribution is 0.769. The molecule has 0 unspecified atom stereocenters. The van der Waals surface area contributed by atoms with Crippen molar-refractivity contribution in [2.24, 2.45) is 7.05 Å². The van der Waals surface area contributed by atoms with Crippen LogP contribution in [-0.2, 0) is 7.05 Å². The minimum atomic E-state index is 0.818. The molecule has 2 aromatic rings. The van der Waals surface area contributed by atoms with E-state index in [1.54, 1.807) is 4.68 Å². The molecule has 5 heteroatoms. The number of aromatic nitrogens is 4. The van der Waals surface area contributed by atoms with Gasteiger partial charge in [-0.1, -0.05) is 6.92 Å². The minimum Gasteiger partial charge on any atom is -0.368 e. The Morgan fingerprint density at radius 1 is 1.22 bits per heavy atom. The van der Waals surface area contributed by atoms with Crippen LogP contribution in [0, 0.1) is 13.8 Å². The molecule has 0 aliphatic heterocycles. The van der Waals surface area contributed by atoms with Gasteiger partial charge in [0.2, 0.25) is 0 Å². The molecule has 5 nitrogen and oxygen atoms in total. The molecule has 0 saturated heterocycles. The van der Waals surface area contributed by atoms with E-state index in [0.29, 0.717) is 0 Å². The second kappa shape index (κ2) is 5.16. The Kier molecular flexibility index (Phi) is 3.60. The molecule has 0 saturated carbocycles. The van der Waals surface area contributed by atoms with Crippen molar-refractivity contribution in [3.8, 4) is 11.4 Å². The van der Waals surface area contributed by atoms with Gasteiger partial charge in [0.25, 0.3) is 0 Å². The summed E-state index contributed by atoms with van der Waals surface area (Å²) >= 11 is 0. The number of aryl methyl sites for hydroxylation is 3. The number of nitrogens with zero attached hydrogens (tertiary/aromatic N) is 4. The molecule has 0 fully saturated rings. The van der Waals surface area contributed by atoms with Gasteiger partial charge in [0.1, 0.15) is 11.4 Å². The SMILES string of the molecule is CCCNc1nc(C)c(C)nc1-c1ccn(C)n1. The van der Waals surface area contributed by atoms with Crippen LogP contribution in [0.25, 0.3) is 11.4 Å². The van der Waals surface area contributed by atoms with E-state index in [9.17, 15) is 0 Å². The highest BCUT2D eigenvalue weighted by Crippen LogP contribution is 2.23. The van der Waals surface area contributed by atoms with E-state index < -0.39 is 0 Å². The summed E-state index contributed by atoms with van der Waals surface area (Å²) < 4.78 is 1.77. The Hall–Kier alpha value is -1.91. The second-order valence-electron chi connectivity index (χ2n) is 4.39. The number of anilines is 1. The molecule has 0 aromatic carbocycles. The highest BCUT2D eigenvalue weighted by Gasteiger charge is 2.12. The van der Waals surface area contributed by atoms with E-state index in [1.807, 2.05) is 33.2 Å². The van der Waals surface area contributed by atoms with Crippen LogP contribution in [0.1, 0.15) is 24.7 Å². The van der Waals surface area contributed by atoms with Gasteiger partial charge in [-0.2, -0.15) is 5.10 Å². The molecule has 2 heterocycles. The Morgan fingerprint density at radius 2 is 1.94 bits per heavy atom. The van der Waals surface area contributed by atoms with Crippen LogP contribution in [0.3, 0.4) is 0 Å². The van der Waals surface area contributed by atoms with Gasteiger partial charge < -0.3 is 5.32 Å². The van der Waals surface area contributed by atoms with Crippen molar-refractivity contribution in [2.45, 2.75) is 27.2 Å². The summed E-state index contributed by atoms with van der Waals surface area (Å²) in [5.41, 5.74) is 3.57. The lowest BCUT2D eigenvalue weighted by atomic mass is 10.2. The lowest BCUT2D eigenvalue weighted by Crippen LogP contribution is -2.08. The van der Waals surface area contributed by atoms with E-state index >= 15 is 0 Å². The Morgan fingerprint density at radius 3 is 2.56 bits per heavy atom. The molecule has 0 radical (unpaired) electrons. The van der Waals surface area contributed by atoms with Crippen LogP contribution >= 0.6 is 0 Å². The van der Waals surface area contributed by atoms with Crippen molar-refractivity contribution in [3.05, 3.63) is 23.7 Å². The summed E-state index contributed by atoms with van der Waals surface area (Å²) in [7, 11) is 1.90. The van der Waals surface area contributed by atoms with Crippen molar-refractivity contribution >= 4 is 5.82 Å². The van der Waals surface area contributed by atoms with Crippen molar-refractivity contribution in [2.75, 3.05) is 11.9 Å². The number of hydrogen-bond donors (Lipinski definition) is 1. The van der Waals surface area contributed by atoms with Crippen molar-refractivity contribution in [3.63, 3.8) is 0 Å². The van der Waals surface area contributed by atoms with E-state index in [0.717, 1.165) is 41.6 Å². The predicted octanol–water partition coefficient (Wildman–Crippen LogP) is 2.32. The molecule has 96 valence electrons. The predicted molar refractivity (Wildman–Crippen MR) is 72.5 cm³/mol.